The number of carbonyl (C=O) groups excluding carboxylic acids is 1. The molecule has 0 radical (unpaired) electrons. The van der Waals surface area contributed by atoms with Crippen LogP contribution in [0.2, 0.25) is 0 Å². The van der Waals surface area contributed by atoms with Gasteiger partial charge in [-0.05, 0) is 22.9 Å². The van der Waals surface area contributed by atoms with Gasteiger partial charge in [-0.1, -0.05) is 41.4 Å². The van der Waals surface area contributed by atoms with E-state index in [9.17, 15) is 4.79 Å². The van der Waals surface area contributed by atoms with Crippen molar-refractivity contribution in [3.05, 3.63) is 30.3 Å². The molecule has 0 bridgehead atoms. The second-order valence-electron chi connectivity index (χ2n) is 2.99. The van der Waals surface area contributed by atoms with E-state index in [1.807, 2.05) is 30.3 Å². The summed E-state index contributed by atoms with van der Waals surface area (Å²) in [6.07, 6.45) is 0. The summed E-state index contributed by atoms with van der Waals surface area (Å²) in [6, 6.07) is 9.29. The van der Waals surface area contributed by atoms with E-state index in [0.717, 1.165) is 27.3 Å². The van der Waals surface area contributed by atoms with Crippen molar-refractivity contribution in [1.82, 2.24) is 0 Å². The number of halogens is 2. The van der Waals surface area contributed by atoms with Gasteiger partial charge in [0.15, 0.2) is 0 Å². The maximum absolute atomic E-state index is 11.8. The number of amides is 1. The predicted molar refractivity (Wildman–Crippen MR) is 76.9 cm³/mol. The van der Waals surface area contributed by atoms with Gasteiger partial charge in [-0.15, -0.1) is 0 Å². The highest BCUT2D eigenvalue weighted by atomic mass is 35.5. The van der Waals surface area contributed by atoms with Crippen LogP contribution in [0.5, 0.6) is 0 Å². The molecule has 0 aromatic heterocycles. The highest BCUT2D eigenvalue weighted by Crippen LogP contribution is 2.44. The molecule has 0 saturated heterocycles. The van der Waals surface area contributed by atoms with E-state index in [1.54, 1.807) is 7.05 Å². The van der Waals surface area contributed by atoms with Gasteiger partial charge in [0.2, 0.25) is 0 Å². The van der Waals surface area contributed by atoms with Crippen LogP contribution < -0.4 is 4.90 Å². The maximum Gasteiger partial charge on any atom is 0.296 e. The topological polar surface area (TPSA) is 29.5 Å². The number of alkyl halides is 2. The minimum atomic E-state index is -1.42. The number of ether oxygens (including phenoxy) is 1. The fourth-order valence-corrected chi connectivity index (χ4v) is 3.00. The molecule has 1 aromatic carbocycles. The third kappa shape index (κ3) is 4.97. The van der Waals surface area contributed by atoms with Gasteiger partial charge < -0.3 is 9.64 Å². The molecule has 0 aliphatic carbocycles. The van der Waals surface area contributed by atoms with Crippen molar-refractivity contribution >= 4 is 55.7 Å². The zero-order valence-corrected chi connectivity index (χ0v) is 12.4. The molecule has 7 heteroatoms. The van der Waals surface area contributed by atoms with Crippen LogP contribution in [0.1, 0.15) is 0 Å². The zero-order chi connectivity index (χ0) is 12.9. The number of carbonyl (C=O) groups is 1. The Labute approximate surface area is 118 Å². The van der Waals surface area contributed by atoms with Gasteiger partial charge in [-0.2, -0.15) is 0 Å². The van der Waals surface area contributed by atoms with Crippen LogP contribution in [0.4, 0.5) is 10.5 Å². The molecule has 1 amide bonds. The van der Waals surface area contributed by atoms with Crippen LogP contribution in [-0.2, 0) is 4.74 Å². The SMILES string of the molecule is COC(Cl)(Cl)SSC(=O)N(C)c1ccccc1. The normalized spacial score (nSPS) is 11.3. The zero-order valence-electron chi connectivity index (χ0n) is 9.22. The molecule has 0 unspecified atom stereocenters. The summed E-state index contributed by atoms with van der Waals surface area (Å²) in [6.45, 7) is 0. The number of nitrogens with zero attached hydrogens (tertiary/aromatic N) is 1. The molecular formula is C10H11Cl2NO2S2. The molecule has 3 nitrogen and oxygen atoms in total. The van der Waals surface area contributed by atoms with Crippen molar-refractivity contribution in [2.24, 2.45) is 0 Å². The molecule has 0 N–H and O–H groups in total. The van der Waals surface area contributed by atoms with Gasteiger partial charge in [-0.25, -0.2) is 0 Å². The molecule has 1 aromatic rings. The van der Waals surface area contributed by atoms with Gasteiger partial charge in [0, 0.05) is 30.6 Å². The molecule has 94 valence electrons. The first-order valence-electron chi connectivity index (χ1n) is 4.57. The summed E-state index contributed by atoms with van der Waals surface area (Å²) in [5.74, 6) is 0. The van der Waals surface area contributed by atoms with E-state index in [2.05, 4.69) is 0 Å². The Hall–Kier alpha value is -0.0700. The van der Waals surface area contributed by atoms with Crippen molar-refractivity contribution in [3.63, 3.8) is 0 Å². The van der Waals surface area contributed by atoms with Crippen molar-refractivity contribution in [3.8, 4) is 0 Å². The monoisotopic (exact) mass is 311 g/mol. The minimum absolute atomic E-state index is 0.177. The molecule has 0 saturated carbocycles. The van der Waals surface area contributed by atoms with Gasteiger partial charge >= 0.3 is 0 Å². The van der Waals surface area contributed by atoms with Crippen LogP contribution in [0.3, 0.4) is 0 Å². The molecule has 17 heavy (non-hydrogen) atoms. The Balaban J connectivity index is 2.54. The van der Waals surface area contributed by atoms with Crippen LogP contribution in [0, 0.1) is 0 Å². The minimum Gasteiger partial charge on any atom is -0.341 e. The molecule has 0 aliphatic heterocycles. The second-order valence-corrected chi connectivity index (χ2v) is 6.96. The van der Waals surface area contributed by atoms with E-state index in [1.165, 1.54) is 12.0 Å². The highest BCUT2D eigenvalue weighted by molar-refractivity contribution is 8.83. The summed E-state index contributed by atoms with van der Waals surface area (Å²) < 4.78 is 3.36. The van der Waals surface area contributed by atoms with E-state index >= 15 is 0 Å². The first-order valence-corrected chi connectivity index (χ1v) is 7.48. The van der Waals surface area contributed by atoms with Crippen LogP contribution in [0.25, 0.3) is 0 Å². The van der Waals surface area contributed by atoms with Crippen molar-refractivity contribution in [2.75, 3.05) is 19.1 Å². The van der Waals surface area contributed by atoms with Crippen LogP contribution in [-0.4, -0.2) is 23.2 Å². The number of hydrogen-bond acceptors (Lipinski definition) is 4. The van der Waals surface area contributed by atoms with Crippen LogP contribution >= 0.6 is 44.8 Å². The average molecular weight is 312 g/mol. The van der Waals surface area contributed by atoms with E-state index in [-0.39, 0.29) is 5.24 Å². The number of benzene rings is 1. The number of anilines is 1. The molecule has 0 spiro atoms. The van der Waals surface area contributed by atoms with Gasteiger partial charge in [-0.3, -0.25) is 4.79 Å². The van der Waals surface area contributed by atoms with Gasteiger partial charge in [0.25, 0.3) is 9.09 Å². The summed E-state index contributed by atoms with van der Waals surface area (Å²) in [4.78, 5) is 13.3. The molecule has 0 atom stereocenters. The largest absolute Gasteiger partial charge is 0.341 e. The third-order valence-electron chi connectivity index (χ3n) is 1.86. The summed E-state index contributed by atoms with van der Waals surface area (Å²) in [5, 5.41) is -0.177. The Morgan fingerprint density at radius 1 is 1.35 bits per heavy atom. The van der Waals surface area contributed by atoms with Crippen molar-refractivity contribution in [1.29, 1.82) is 0 Å². The first kappa shape index (κ1) is 15.0. The lowest BCUT2D eigenvalue weighted by molar-refractivity contribution is 0.203. The standard InChI is InChI=1S/C10H11Cl2NO2S2/c1-13(8-6-4-3-5-7-8)9(14)16-17-10(11,12)15-2/h3-7H,1-2H3. The lowest BCUT2D eigenvalue weighted by atomic mass is 10.3. The number of para-hydroxylation sites is 1. The highest BCUT2D eigenvalue weighted by Gasteiger charge is 2.27. The Morgan fingerprint density at radius 3 is 2.47 bits per heavy atom. The van der Waals surface area contributed by atoms with Crippen molar-refractivity contribution < 1.29 is 9.53 Å². The maximum atomic E-state index is 11.8. The summed E-state index contributed by atoms with van der Waals surface area (Å²) in [5.41, 5.74) is 0.803. The Bertz CT molecular complexity index is 376. The number of rotatable bonds is 4. The molecule has 0 heterocycles. The fourth-order valence-electron chi connectivity index (χ4n) is 0.931. The van der Waals surface area contributed by atoms with E-state index in [0.29, 0.717) is 0 Å². The molecule has 1 rings (SSSR count). The molecular weight excluding hydrogens is 301 g/mol. The van der Waals surface area contributed by atoms with Gasteiger partial charge in [0.05, 0.1) is 0 Å². The van der Waals surface area contributed by atoms with E-state index < -0.39 is 3.85 Å². The fraction of sp³-hybridized carbons (Fsp3) is 0.300. The van der Waals surface area contributed by atoms with E-state index in [4.69, 9.17) is 27.9 Å². The lowest BCUT2D eigenvalue weighted by Gasteiger charge is -2.19. The number of methoxy groups -OCH3 is 1. The summed E-state index contributed by atoms with van der Waals surface area (Å²) >= 11 is 11.5. The summed E-state index contributed by atoms with van der Waals surface area (Å²) in [7, 11) is 4.93. The first-order chi connectivity index (χ1) is 7.96. The van der Waals surface area contributed by atoms with Crippen LogP contribution in [0.15, 0.2) is 30.3 Å². The van der Waals surface area contributed by atoms with Crippen molar-refractivity contribution in [2.45, 2.75) is 3.85 Å². The predicted octanol–water partition coefficient (Wildman–Crippen LogP) is 4.36. The quantitative estimate of drug-likeness (QED) is 0.469. The number of hydrogen-bond donors (Lipinski definition) is 0. The smallest absolute Gasteiger partial charge is 0.296 e. The average Bonchev–Trinajstić information content (AvgIpc) is 2.36. The lowest BCUT2D eigenvalue weighted by Crippen LogP contribution is -2.21. The Morgan fingerprint density at radius 2 is 1.94 bits per heavy atom. The molecule has 0 aliphatic rings. The third-order valence-corrected chi connectivity index (χ3v) is 5.43. The van der Waals surface area contributed by atoms with Gasteiger partial charge in [0.1, 0.15) is 0 Å². The Kier molecular flexibility index (Phi) is 5.95. The molecule has 0 fully saturated rings. The second kappa shape index (κ2) is 6.75.